The molecule has 2 atom stereocenters. The molecule has 1 heterocycles. The van der Waals surface area contributed by atoms with E-state index in [4.69, 9.17) is 14.2 Å². The van der Waals surface area contributed by atoms with Gasteiger partial charge in [0.05, 0.1) is 12.7 Å². The first-order chi connectivity index (χ1) is 16.1. The largest absolute Gasteiger partial charge is 0.507 e. The Hall–Kier alpha value is -4.67. The minimum atomic E-state index is -1.14. The van der Waals surface area contributed by atoms with Crippen LogP contribution in [0, 0.1) is 0 Å². The molecular formula is C23H20O11. The van der Waals surface area contributed by atoms with Crippen LogP contribution in [-0.2, 0) is 11.2 Å². The smallest absolute Gasteiger partial charge is 0.338 e. The summed E-state index contributed by atoms with van der Waals surface area (Å²) in [5.74, 6) is -5.04. The standard InChI is InChI=1S/C23H20O11/c1-32-11-6-13(24)12-8-19(34-23(31)10-4-16(27)21(30)17(28)5-10)22(33-18(12)7-11)9-2-14(25)20(29)15(26)3-9/h2-7,19,22,24-30H,8H2,1H3/t19-,22+/m0/s1. The number of carbonyl (C=O) groups excluding carboxylic acids is 1. The minimum absolute atomic E-state index is 0.0694. The van der Waals surface area contributed by atoms with Crippen LogP contribution in [-0.4, -0.2) is 54.9 Å². The fraction of sp³-hybridized carbons (Fsp3) is 0.174. The summed E-state index contributed by atoms with van der Waals surface area (Å²) in [6.45, 7) is 0. The number of hydrogen-bond donors (Lipinski definition) is 7. The predicted molar refractivity (Wildman–Crippen MR) is 114 cm³/mol. The van der Waals surface area contributed by atoms with Gasteiger partial charge in [-0.2, -0.15) is 0 Å². The van der Waals surface area contributed by atoms with Crippen LogP contribution in [0.3, 0.4) is 0 Å². The van der Waals surface area contributed by atoms with Crippen molar-refractivity contribution >= 4 is 5.97 Å². The van der Waals surface area contributed by atoms with Gasteiger partial charge in [-0.15, -0.1) is 0 Å². The summed E-state index contributed by atoms with van der Waals surface area (Å²) in [6, 6.07) is 6.86. The van der Waals surface area contributed by atoms with Crippen molar-refractivity contribution in [1.82, 2.24) is 0 Å². The van der Waals surface area contributed by atoms with Gasteiger partial charge in [-0.1, -0.05) is 0 Å². The van der Waals surface area contributed by atoms with Gasteiger partial charge in [-0.3, -0.25) is 0 Å². The maximum Gasteiger partial charge on any atom is 0.338 e. The lowest BCUT2D eigenvalue weighted by molar-refractivity contribution is -0.0189. The number of benzene rings is 3. The number of methoxy groups -OCH3 is 1. The van der Waals surface area contributed by atoms with Crippen molar-refractivity contribution in [2.24, 2.45) is 0 Å². The van der Waals surface area contributed by atoms with Gasteiger partial charge in [0, 0.05) is 29.7 Å². The quantitative estimate of drug-likeness (QED) is 0.218. The number of esters is 1. The summed E-state index contributed by atoms with van der Waals surface area (Å²) < 4.78 is 16.6. The highest BCUT2D eigenvalue weighted by molar-refractivity contribution is 5.91. The molecule has 0 unspecified atom stereocenters. The Bertz CT molecular complexity index is 1240. The highest BCUT2D eigenvalue weighted by atomic mass is 16.6. The molecule has 178 valence electrons. The summed E-state index contributed by atoms with van der Waals surface area (Å²) in [6.07, 6.45) is -2.33. The van der Waals surface area contributed by atoms with Crippen molar-refractivity contribution in [3.05, 3.63) is 53.1 Å². The highest BCUT2D eigenvalue weighted by Gasteiger charge is 2.37. The summed E-state index contributed by atoms with van der Waals surface area (Å²) in [5.41, 5.74) is 0.140. The second-order valence-electron chi connectivity index (χ2n) is 7.58. The van der Waals surface area contributed by atoms with Gasteiger partial charge in [0.2, 0.25) is 0 Å². The molecule has 1 aliphatic rings. The molecule has 1 aliphatic heterocycles. The SMILES string of the molecule is COc1cc(O)c2c(c1)O[C@H](c1cc(O)c(O)c(O)c1)[C@@H](OC(=O)c1cc(O)c(O)c(O)c1)C2. The highest BCUT2D eigenvalue weighted by Crippen LogP contribution is 2.46. The maximum atomic E-state index is 12.8. The van der Waals surface area contributed by atoms with Crippen molar-refractivity contribution < 1.29 is 54.8 Å². The van der Waals surface area contributed by atoms with Crippen LogP contribution in [0.5, 0.6) is 51.7 Å². The summed E-state index contributed by atoms with van der Waals surface area (Å²) in [5, 5.41) is 68.9. The topological polar surface area (TPSA) is 186 Å². The molecule has 7 N–H and O–H groups in total. The Morgan fingerprint density at radius 1 is 0.824 bits per heavy atom. The van der Waals surface area contributed by atoms with E-state index in [0.717, 1.165) is 24.3 Å². The third kappa shape index (κ3) is 3.94. The van der Waals surface area contributed by atoms with E-state index in [1.54, 1.807) is 0 Å². The molecule has 3 aromatic carbocycles. The van der Waals surface area contributed by atoms with E-state index < -0.39 is 52.7 Å². The first kappa shape index (κ1) is 22.5. The van der Waals surface area contributed by atoms with Gasteiger partial charge in [-0.05, 0) is 24.3 Å². The lowest BCUT2D eigenvalue weighted by Gasteiger charge is -2.34. The molecule has 0 radical (unpaired) electrons. The van der Waals surface area contributed by atoms with Crippen molar-refractivity contribution in [2.45, 2.75) is 18.6 Å². The third-order valence-corrected chi connectivity index (χ3v) is 5.38. The molecule has 0 fully saturated rings. The number of hydrogen-bond acceptors (Lipinski definition) is 11. The molecule has 11 heteroatoms. The average Bonchev–Trinajstić information content (AvgIpc) is 2.80. The molecule has 0 amide bonds. The van der Waals surface area contributed by atoms with Crippen molar-refractivity contribution in [3.63, 3.8) is 0 Å². The van der Waals surface area contributed by atoms with E-state index in [0.29, 0.717) is 5.56 Å². The van der Waals surface area contributed by atoms with Crippen LogP contribution in [0.15, 0.2) is 36.4 Å². The van der Waals surface area contributed by atoms with Crippen LogP contribution < -0.4 is 9.47 Å². The zero-order valence-corrected chi connectivity index (χ0v) is 17.6. The molecule has 3 aromatic rings. The first-order valence-electron chi connectivity index (χ1n) is 9.86. The zero-order valence-electron chi connectivity index (χ0n) is 17.6. The van der Waals surface area contributed by atoms with Crippen molar-refractivity contribution in [2.75, 3.05) is 7.11 Å². The third-order valence-electron chi connectivity index (χ3n) is 5.38. The zero-order chi connectivity index (χ0) is 24.7. The number of carbonyl (C=O) groups is 1. The molecule has 0 aliphatic carbocycles. The van der Waals surface area contributed by atoms with Crippen LogP contribution in [0.4, 0.5) is 0 Å². The predicted octanol–water partition coefficient (Wildman–Crippen LogP) is 2.54. The summed E-state index contributed by atoms with van der Waals surface area (Å²) >= 11 is 0. The van der Waals surface area contributed by atoms with Gasteiger partial charge in [-0.25, -0.2) is 4.79 Å². The molecule has 4 rings (SSSR count). The fourth-order valence-electron chi connectivity index (χ4n) is 3.66. The van der Waals surface area contributed by atoms with Crippen molar-refractivity contribution in [1.29, 1.82) is 0 Å². The Morgan fingerprint density at radius 3 is 1.94 bits per heavy atom. The second-order valence-corrected chi connectivity index (χ2v) is 7.58. The Labute approximate surface area is 191 Å². The number of phenolic OH excluding ortho intramolecular Hbond substituents is 7. The van der Waals surface area contributed by atoms with Crippen molar-refractivity contribution in [3.8, 4) is 51.7 Å². The van der Waals surface area contributed by atoms with Crippen LogP contribution >= 0.6 is 0 Å². The van der Waals surface area contributed by atoms with E-state index in [2.05, 4.69) is 0 Å². The van der Waals surface area contributed by atoms with E-state index in [1.165, 1.54) is 19.2 Å². The van der Waals surface area contributed by atoms with Crippen LogP contribution in [0.25, 0.3) is 0 Å². The summed E-state index contributed by atoms with van der Waals surface area (Å²) in [7, 11) is 1.39. The van der Waals surface area contributed by atoms with Crippen LogP contribution in [0.2, 0.25) is 0 Å². The first-order valence-corrected chi connectivity index (χ1v) is 9.86. The molecule has 0 bridgehead atoms. The number of rotatable bonds is 4. The molecular weight excluding hydrogens is 452 g/mol. The average molecular weight is 472 g/mol. The molecule has 0 spiro atoms. The number of aromatic hydroxyl groups is 7. The lowest BCUT2D eigenvalue weighted by Crippen LogP contribution is -2.34. The van der Waals surface area contributed by atoms with E-state index in [-0.39, 0.29) is 34.8 Å². The summed E-state index contributed by atoms with van der Waals surface area (Å²) in [4.78, 5) is 12.8. The van der Waals surface area contributed by atoms with Gasteiger partial charge in [0.15, 0.2) is 40.6 Å². The Kier molecular flexibility index (Phi) is 5.53. The molecule has 0 aromatic heterocycles. The monoisotopic (exact) mass is 472 g/mol. The molecule has 0 saturated heterocycles. The molecule has 34 heavy (non-hydrogen) atoms. The van der Waals surface area contributed by atoms with E-state index >= 15 is 0 Å². The number of phenols is 7. The van der Waals surface area contributed by atoms with Gasteiger partial charge >= 0.3 is 5.97 Å². The second kappa shape index (κ2) is 8.35. The van der Waals surface area contributed by atoms with Gasteiger partial charge in [0.25, 0.3) is 0 Å². The van der Waals surface area contributed by atoms with E-state index in [9.17, 15) is 40.5 Å². The maximum absolute atomic E-state index is 12.8. The fourth-order valence-corrected chi connectivity index (χ4v) is 3.66. The molecule has 0 saturated carbocycles. The Balaban J connectivity index is 1.75. The normalized spacial score (nSPS) is 16.9. The number of ether oxygens (including phenoxy) is 3. The Morgan fingerprint density at radius 2 is 1.38 bits per heavy atom. The van der Waals surface area contributed by atoms with E-state index in [1.807, 2.05) is 0 Å². The van der Waals surface area contributed by atoms with Gasteiger partial charge < -0.3 is 50.0 Å². The molecule has 11 nitrogen and oxygen atoms in total. The lowest BCUT2D eigenvalue weighted by atomic mass is 9.93. The number of fused-ring (bicyclic) bond motifs is 1. The van der Waals surface area contributed by atoms with Crippen LogP contribution in [0.1, 0.15) is 27.6 Å². The minimum Gasteiger partial charge on any atom is -0.507 e. The van der Waals surface area contributed by atoms with Gasteiger partial charge in [0.1, 0.15) is 23.4 Å².